The molecular weight excluding hydrogens is 242 g/mol. The van der Waals surface area contributed by atoms with Gasteiger partial charge < -0.3 is 5.32 Å². The summed E-state index contributed by atoms with van der Waals surface area (Å²) < 4.78 is 0. The van der Waals surface area contributed by atoms with E-state index < -0.39 is 0 Å². The van der Waals surface area contributed by atoms with Gasteiger partial charge in [0.25, 0.3) is 0 Å². The molecule has 0 aromatic heterocycles. The minimum absolute atomic E-state index is 0.181. The molecule has 1 atom stereocenters. The van der Waals surface area contributed by atoms with E-state index in [1.165, 1.54) is 4.90 Å². The third-order valence-corrected chi connectivity index (χ3v) is 4.01. The van der Waals surface area contributed by atoms with E-state index in [2.05, 4.69) is 29.6 Å². The number of thioether (sulfide) groups is 1. The molecule has 0 saturated carbocycles. The predicted octanol–water partition coefficient (Wildman–Crippen LogP) is 3.25. The number of allylic oxidation sites excluding steroid dienone is 2. The smallest absolute Gasteiger partial charge is 0.220 e. The molecule has 1 amide bonds. The fourth-order valence-corrected chi connectivity index (χ4v) is 2.84. The van der Waals surface area contributed by atoms with Crippen molar-refractivity contribution in [3.05, 3.63) is 42.5 Å². The van der Waals surface area contributed by atoms with Crippen LogP contribution in [-0.4, -0.2) is 18.2 Å². The normalized spacial score (nSPS) is 17.9. The highest BCUT2D eigenvalue weighted by atomic mass is 32.2. The topological polar surface area (TPSA) is 29.1 Å². The summed E-state index contributed by atoms with van der Waals surface area (Å²) in [6, 6.07) is 10.3. The first kappa shape index (κ1) is 13.2. The van der Waals surface area contributed by atoms with Crippen molar-refractivity contribution in [1.29, 1.82) is 0 Å². The first-order chi connectivity index (χ1) is 8.84. The van der Waals surface area contributed by atoms with Crippen molar-refractivity contribution in [3.63, 3.8) is 0 Å². The van der Waals surface area contributed by atoms with E-state index in [4.69, 9.17) is 0 Å². The molecule has 2 nitrogen and oxygen atoms in total. The second kappa shape index (κ2) is 7.27. The lowest BCUT2D eigenvalue weighted by atomic mass is 10.1. The zero-order valence-electron chi connectivity index (χ0n) is 10.5. The van der Waals surface area contributed by atoms with Gasteiger partial charge in [-0.25, -0.2) is 0 Å². The molecule has 1 aromatic carbocycles. The number of amides is 1. The average molecular weight is 261 g/mol. The van der Waals surface area contributed by atoms with Gasteiger partial charge in [0.05, 0.1) is 0 Å². The summed E-state index contributed by atoms with van der Waals surface area (Å²) in [6.45, 7) is 0.745. The number of rotatable bonds is 6. The SMILES string of the molecule is O=C(CC1C=CCC1)NCCSc1ccccc1. The van der Waals surface area contributed by atoms with Gasteiger partial charge in [0, 0.05) is 23.6 Å². The van der Waals surface area contributed by atoms with Gasteiger partial charge in [-0.15, -0.1) is 11.8 Å². The van der Waals surface area contributed by atoms with Crippen LogP contribution < -0.4 is 5.32 Å². The van der Waals surface area contributed by atoms with Gasteiger partial charge in [-0.2, -0.15) is 0 Å². The Labute approximate surface area is 113 Å². The molecule has 0 fully saturated rings. The lowest BCUT2D eigenvalue weighted by molar-refractivity contribution is -0.121. The number of carbonyl (C=O) groups excluding carboxylic acids is 1. The molecule has 1 aromatic rings. The lowest BCUT2D eigenvalue weighted by Crippen LogP contribution is -2.27. The van der Waals surface area contributed by atoms with Crippen LogP contribution in [0.2, 0.25) is 0 Å². The number of nitrogens with one attached hydrogen (secondary N) is 1. The molecule has 0 radical (unpaired) electrons. The third-order valence-electron chi connectivity index (χ3n) is 3.00. The van der Waals surface area contributed by atoms with Gasteiger partial charge in [-0.1, -0.05) is 30.4 Å². The Morgan fingerprint density at radius 1 is 1.33 bits per heavy atom. The first-order valence-corrected chi connectivity index (χ1v) is 7.44. The fraction of sp³-hybridized carbons (Fsp3) is 0.400. The number of carbonyl (C=O) groups is 1. The number of benzene rings is 1. The second-order valence-electron chi connectivity index (χ2n) is 4.48. The van der Waals surface area contributed by atoms with Gasteiger partial charge in [-0.3, -0.25) is 4.79 Å². The summed E-state index contributed by atoms with van der Waals surface area (Å²) in [5.41, 5.74) is 0. The standard InChI is InChI=1S/C15H19NOS/c17-15(12-13-6-4-5-7-13)16-10-11-18-14-8-2-1-3-9-14/h1-4,6,8-9,13H,5,7,10-12H2,(H,16,17). The van der Waals surface area contributed by atoms with Gasteiger partial charge in [-0.05, 0) is 30.9 Å². The Bertz CT molecular complexity index is 402. The Morgan fingerprint density at radius 3 is 2.89 bits per heavy atom. The molecule has 3 heteroatoms. The molecule has 1 unspecified atom stereocenters. The van der Waals surface area contributed by atoms with Crippen molar-refractivity contribution in [3.8, 4) is 0 Å². The molecule has 0 saturated heterocycles. The molecule has 2 rings (SSSR count). The van der Waals surface area contributed by atoms with Crippen LogP contribution in [-0.2, 0) is 4.79 Å². The van der Waals surface area contributed by atoms with Crippen LogP contribution in [0.4, 0.5) is 0 Å². The van der Waals surface area contributed by atoms with E-state index in [9.17, 15) is 4.79 Å². The number of hydrogen-bond donors (Lipinski definition) is 1. The molecule has 0 aliphatic heterocycles. The third kappa shape index (κ3) is 4.57. The molecule has 0 heterocycles. The maximum Gasteiger partial charge on any atom is 0.220 e. The van der Waals surface area contributed by atoms with E-state index in [1.807, 2.05) is 18.2 Å². The molecule has 1 aliphatic carbocycles. The Kier molecular flexibility index (Phi) is 5.34. The molecular formula is C15H19NOS. The van der Waals surface area contributed by atoms with E-state index >= 15 is 0 Å². The molecule has 96 valence electrons. The summed E-state index contributed by atoms with van der Waals surface area (Å²) in [7, 11) is 0. The monoisotopic (exact) mass is 261 g/mol. The fourth-order valence-electron chi connectivity index (χ4n) is 2.05. The van der Waals surface area contributed by atoms with Crippen LogP contribution in [0, 0.1) is 5.92 Å². The summed E-state index contributed by atoms with van der Waals surface area (Å²) in [6.07, 6.45) is 7.24. The lowest BCUT2D eigenvalue weighted by Gasteiger charge is -2.08. The second-order valence-corrected chi connectivity index (χ2v) is 5.65. The van der Waals surface area contributed by atoms with E-state index in [0.29, 0.717) is 12.3 Å². The van der Waals surface area contributed by atoms with Crippen molar-refractivity contribution in [1.82, 2.24) is 5.32 Å². The largest absolute Gasteiger partial charge is 0.355 e. The van der Waals surface area contributed by atoms with Crippen molar-refractivity contribution >= 4 is 17.7 Å². The maximum atomic E-state index is 11.7. The number of hydrogen-bond acceptors (Lipinski definition) is 2. The van der Waals surface area contributed by atoms with Crippen LogP contribution in [0.25, 0.3) is 0 Å². The Morgan fingerprint density at radius 2 is 2.17 bits per heavy atom. The van der Waals surface area contributed by atoms with Gasteiger partial charge >= 0.3 is 0 Å². The van der Waals surface area contributed by atoms with Crippen molar-refractivity contribution < 1.29 is 4.79 Å². The predicted molar refractivity (Wildman–Crippen MR) is 76.7 cm³/mol. The highest BCUT2D eigenvalue weighted by Gasteiger charge is 2.13. The molecule has 0 bridgehead atoms. The summed E-state index contributed by atoms with van der Waals surface area (Å²) in [4.78, 5) is 12.9. The van der Waals surface area contributed by atoms with Crippen molar-refractivity contribution in [2.75, 3.05) is 12.3 Å². The highest BCUT2D eigenvalue weighted by Crippen LogP contribution is 2.20. The quantitative estimate of drug-likeness (QED) is 0.484. The van der Waals surface area contributed by atoms with Crippen LogP contribution in [0.15, 0.2) is 47.4 Å². The van der Waals surface area contributed by atoms with Crippen molar-refractivity contribution in [2.24, 2.45) is 5.92 Å². The Hall–Kier alpha value is -1.22. The molecule has 18 heavy (non-hydrogen) atoms. The molecule has 1 aliphatic rings. The van der Waals surface area contributed by atoms with Crippen LogP contribution in [0.3, 0.4) is 0 Å². The van der Waals surface area contributed by atoms with Crippen molar-refractivity contribution in [2.45, 2.75) is 24.2 Å². The minimum atomic E-state index is 0.181. The molecule has 0 spiro atoms. The minimum Gasteiger partial charge on any atom is -0.355 e. The van der Waals surface area contributed by atoms with E-state index in [0.717, 1.165) is 25.1 Å². The first-order valence-electron chi connectivity index (χ1n) is 6.46. The van der Waals surface area contributed by atoms with Crippen LogP contribution >= 0.6 is 11.8 Å². The van der Waals surface area contributed by atoms with Crippen LogP contribution in [0.5, 0.6) is 0 Å². The zero-order chi connectivity index (χ0) is 12.6. The summed E-state index contributed by atoms with van der Waals surface area (Å²) in [5, 5.41) is 2.99. The van der Waals surface area contributed by atoms with Gasteiger partial charge in [0.15, 0.2) is 0 Å². The molecule has 1 N–H and O–H groups in total. The zero-order valence-corrected chi connectivity index (χ0v) is 11.3. The summed E-state index contributed by atoms with van der Waals surface area (Å²) in [5.74, 6) is 1.57. The van der Waals surface area contributed by atoms with E-state index in [-0.39, 0.29) is 5.91 Å². The maximum absolute atomic E-state index is 11.7. The summed E-state index contributed by atoms with van der Waals surface area (Å²) >= 11 is 1.78. The van der Waals surface area contributed by atoms with E-state index in [1.54, 1.807) is 11.8 Å². The Balaban J connectivity index is 1.57. The van der Waals surface area contributed by atoms with Crippen LogP contribution in [0.1, 0.15) is 19.3 Å². The van der Waals surface area contributed by atoms with Gasteiger partial charge in [0.1, 0.15) is 0 Å². The van der Waals surface area contributed by atoms with Gasteiger partial charge in [0.2, 0.25) is 5.91 Å². The highest BCUT2D eigenvalue weighted by molar-refractivity contribution is 7.99. The average Bonchev–Trinajstić information content (AvgIpc) is 2.89.